The van der Waals surface area contributed by atoms with Crippen molar-refractivity contribution >= 4 is 16.9 Å². The van der Waals surface area contributed by atoms with E-state index in [2.05, 4.69) is 15.3 Å². The molecule has 112 valence electrons. The molecule has 0 bridgehead atoms. The van der Waals surface area contributed by atoms with Crippen LogP contribution in [-0.4, -0.2) is 23.0 Å². The number of amides is 1. The molecule has 1 amide bonds. The van der Waals surface area contributed by atoms with Crippen molar-refractivity contribution < 1.29 is 13.9 Å². The molecular formula is C16H15N3O3. The number of carbonyl (C=O) groups excluding carboxylic acids is 1. The second kappa shape index (κ2) is 5.85. The van der Waals surface area contributed by atoms with E-state index in [-0.39, 0.29) is 17.6 Å². The number of nitrogens with zero attached hydrogens (tertiary/aromatic N) is 2. The van der Waals surface area contributed by atoms with Crippen LogP contribution in [0.1, 0.15) is 29.2 Å². The Labute approximate surface area is 127 Å². The van der Waals surface area contributed by atoms with Gasteiger partial charge in [-0.1, -0.05) is 12.1 Å². The summed E-state index contributed by atoms with van der Waals surface area (Å²) >= 11 is 0. The van der Waals surface area contributed by atoms with E-state index >= 15 is 0 Å². The van der Waals surface area contributed by atoms with Crippen molar-refractivity contribution in [1.29, 1.82) is 0 Å². The minimum atomic E-state index is -0.299. The fraction of sp³-hybridized carbons (Fsp3) is 0.188. The summed E-state index contributed by atoms with van der Waals surface area (Å²) in [4.78, 5) is 19.9. The van der Waals surface area contributed by atoms with Gasteiger partial charge in [0.1, 0.15) is 11.5 Å². The zero-order valence-corrected chi connectivity index (χ0v) is 12.2. The van der Waals surface area contributed by atoms with Crippen molar-refractivity contribution in [2.45, 2.75) is 13.0 Å². The maximum absolute atomic E-state index is 12.1. The normalized spacial score (nSPS) is 12.1. The Hall–Kier alpha value is -2.89. The van der Waals surface area contributed by atoms with E-state index in [9.17, 15) is 4.79 Å². The number of fused-ring (bicyclic) bond motifs is 1. The van der Waals surface area contributed by atoms with Gasteiger partial charge in [0.15, 0.2) is 11.3 Å². The van der Waals surface area contributed by atoms with Crippen molar-refractivity contribution in [3.8, 4) is 5.75 Å². The molecule has 0 aliphatic rings. The number of hydrogen-bond donors (Lipinski definition) is 1. The van der Waals surface area contributed by atoms with Crippen LogP contribution in [0.3, 0.4) is 0 Å². The van der Waals surface area contributed by atoms with Gasteiger partial charge in [0.25, 0.3) is 5.91 Å². The number of benzene rings is 1. The van der Waals surface area contributed by atoms with Gasteiger partial charge in [0, 0.05) is 17.8 Å². The summed E-state index contributed by atoms with van der Waals surface area (Å²) in [6.45, 7) is 1.85. The summed E-state index contributed by atoms with van der Waals surface area (Å²) in [6, 6.07) is 7.25. The number of hydrogen-bond acceptors (Lipinski definition) is 5. The highest BCUT2D eigenvalue weighted by Gasteiger charge is 2.17. The van der Waals surface area contributed by atoms with Crippen molar-refractivity contribution in [3.63, 3.8) is 0 Å². The summed E-state index contributed by atoms with van der Waals surface area (Å²) in [5.74, 6) is 1.01. The highest BCUT2D eigenvalue weighted by molar-refractivity contribution is 5.92. The zero-order chi connectivity index (χ0) is 15.5. The van der Waals surface area contributed by atoms with Crippen LogP contribution in [0.4, 0.5) is 0 Å². The molecule has 3 rings (SSSR count). The van der Waals surface area contributed by atoms with Gasteiger partial charge < -0.3 is 14.5 Å². The lowest BCUT2D eigenvalue weighted by atomic mass is 10.2. The highest BCUT2D eigenvalue weighted by Crippen LogP contribution is 2.30. The third kappa shape index (κ3) is 2.63. The van der Waals surface area contributed by atoms with Gasteiger partial charge in [-0.25, -0.2) is 4.98 Å². The number of rotatable bonds is 4. The van der Waals surface area contributed by atoms with Gasteiger partial charge in [-0.05, 0) is 19.1 Å². The molecule has 2 aromatic heterocycles. The van der Waals surface area contributed by atoms with Gasteiger partial charge in [-0.2, -0.15) is 0 Å². The molecular weight excluding hydrogens is 282 g/mol. The molecule has 0 aliphatic carbocycles. The maximum atomic E-state index is 12.1. The van der Waals surface area contributed by atoms with Gasteiger partial charge in [-0.15, -0.1) is 0 Å². The van der Waals surface area contributed by atoms with Crippen LogP contribution >= 0.6 is 0 Å². The second-order valence-corrected chi connectivity index (χ2v) is 4.81. The van der Waals surface area contributed by atoms with Crippen molar-refractivity contribution in [2.24, 2.45) is 0 Å². The van der Waals surface area contributed by atoms with Crippen LogP contribution in [-0.2, 0) is 0 Å². The second-order valence-electron chi connectivity index (χ2n) is 4.81. The van der Waals surface area contributed by atoms with Crippen LogP contribution in [0.15, 0.2) is 47.3 Å². The highest BCUT2D eigenvalue weighted by atomic mass is 16.5. The maximum Gasteiger partial charge on any atom is 0.272 e. The van der Waals surface area contributed by atoms with Crippen LogP contribution in [0.25, 0.3) is 11.0 Å². The summed E-state index contributed by atoms with van der Waals surface area (Å²) in [5, 5.41) is 3.76. The van der Waals surface area contributed by atoms with E-state index in [1.54, 1.807) is 7.11 Å². The Morgan fingerprint density at radius 2 is 2.23 bits per heavy atom. The van der Waals surface area contributed by atoms with E-state index in [0.717, 1.165) is 5.39 Å². The quantitative estimate of drug-likeness (QED) is 0.801. The molecule has 0 saturated carbocycles. The first-order valence-corrected chi connectivity index (χ1v) is 6.82. The van der Waals surface area contributed by atoms with Crippen LogP contribution in [0, 0.1) is 0 Å². The molecule has 3 aromatic rings. The topological polar surface area (TPSA) is 77.2 Å². The Morgan fingerprint density at radius 1 is 1.36 bits per heavy atom. The molecule has 0 fully saturated rings. The van der Waals surface area contributed by atoms with Crippen molar-refractivity contribution in [3.05, 3.63) is 54.3 Å². The molecule has 22 heavy (non-hydrogen) atoms. The van der Waals surface area contributed by atoms with Crippen LogP contribution < -0.4 is 10.1 Å². The molecule has 0 unspecified atom stereocenters. The predicted octanol–water partition coefficient (Wildman–Crippen LogP) is 2.72. The molecule has 0 spiro atoms. The first-order chi connectivity index (χ1) is 10.7. The first-order valence-electron chi connectivity index (χ1n) is 6.82. The minimum absolute atomic E-state index is 0.267. The lowest BCUT2D eigenvalue weighted by Crippen LogP contribution is -2.27. The molecule has 1 aromatic carbocycles. The lowest BCUT2D eigenvalue weighted by molar-refractivity contribution is 0.0930. The standard InChI is InChI=1S/C16H15N3O3/c1-10(19-16(20)12-9-17-6-7-18-12)14-8-11-4-3-5-13(21-2)15(11)22-14/h3-10H,1-2H3,(H,19,20)/t10-/m1/s1. The lowest BCUT2D eigenvalue weighted by Gasteiger charge is -2.10. The Morgan fingerprint density at radius 3 is 2.95 bits per heavy atom. The van der Waals surface area contributed by atoms with E-state index in [0.29, 0.717) is 17.1 Å². The van der Waals surface area contributed by atoms with Crippen LogP contribution in [0.2, 0.25) is 0 Å². The van der Waals surface area contributed by atoms with Gasteiger partial charge in [0.05, 0.1) is 19.3 Å². The third-order valence-electron chi connectivity index (χ3n) is 3.32. The molecule has 6 heteroatoms. The molecule has 0 saturated heterocycles. The van der Waals surface area contributed by atoms with Crippen molar-refractivity contribution in [2.75, 3.05) is 7.11 Å². The average Bonchev–Trinajstić information content (AvgIpc) is 2.99. The summed E-state index contributed by atoms with van der Waals surface area (Å²) in [5.41, 5.74) is 0.934. The van der Waals surface area contributed by atoms with Crippen LogP contribution in [0.5, 0.6) is 5.75 Å². The van der Waals surface area contributed by atoms with Gasteiger partial charge >= 0.3 is 0 Å². The number of para-hydroxylation sites is 1. The number of nitrogens with one attached hydrogen (secondary N) is 1. The van der Waals surface area contributed by atoms with Crippen molar-refractivity contribution in [1.82, 2.24) is 15.3 Å². The molecule has 0 radical (unpaired) electrons. The molecule has 2 heterocycles. The smallest absolute Gasteiger partial charge is 0.272 e. The van der Waals surface area contributed by atoms with Gasteiger partial charge in [-0.3, -0.25) is 9.78 Å². The largest absolute Gasteiger partial charge is 0.493 e. The number of ether oxygens (including phenoxy) is 1. The monoisotopic (exact) mass is 297 g/mol. The number of carbonyl (C=O) groups is 1. The number of furan rings is 1. The van der Waals surface area contributed by atoms with Gasteiger partial charge in [0.2, 0.25) is 0 Å². The van der Waals surface area contributed by atoms with E-state index < -0.39 is 0 Å². The third-order valence-corrected chi connectivity index (χ3v) is 3.32. The fourth-order valence-corrected chi connectivity index (χ4v) is 2.19. The summed E-state index contributed by atoms with van der Waals surface area (Å²) in [6.07, 6.45) is 4.42. The number of methoxy groups -OCH3 is 1. The Bertz CT molecular complexity index is 799. The zero-order valence-electron chi connectivity index (χ0n) is 12.2. The Kier molecular flexibility index (Phi) is 3.74. The summed E-state index contributed by atoms with van der Waals surface area (Å²) in [7, 11) is 1.59. The average molecular weight is 297 g/mol. The van der Waals surface area contributed by atoms with E-state index in [4.69, 9.17) is 9.15 Å². The summed E-state index contributed by atoms with van der Waals surface area (Å²) < 4.78 is 11.1. The molecule has 0 aliphatic heterocycles. The molecule has 6 nitrogen and oxygen atoms in total. The number of aromatic nitrogens is 2. The molecule has 1 atom stereocenters. The first kappa shape index (κ1) is 14.1. The van der Waals surface area contributed by atoms with E-state index in [1.807, 2.05) is 31.2 Å². The SMILES string of the molecule is COc1cccc2cc([C@@H](C)NC(=O)c3cnccn3)oc12. The molecule has 1 N–H and O–H groups in total. The van der Waals surface area contributed by atoms with E-state index in [1.165, 1.54) is 18.6 Å². The Balaban J connectivity index is 1.83. The predicted molar refractivity (Wildman–Crippen MR) is 80.7 cm³/mol. The fourth-order valence-electron chi connectivity index (χ4n) is 2.19. The minimum Gasteiger partial charge on any atom is -0.493 e.